The lowest BCUT2D eigenvalue weighted by atomic mass is 9.95. The Labute approximate surface area is 144 Å². The predicted molar refractivity (Wildman–Crippen MR) is 96.7 cm³/mol. The number of hydrogen-bond donors (Lipinski definition) is 0. The van der Waals surface area contributed by atoms with Gasteiger partial charge in [0.15, 0.2) is 0 Å². The summed E-state index contributed by atoms with van der Waals surface area (Å²) in [5, 5.41) is 0.969. The summed E-state index contributed by atoms with van der Waals surface area (Å²) in [7, 11) is 0. The largest absolute Gasteiger partial charge is 0.370 e. The van der Waals surface area contributed by atoms with Gasteiger partial charge in [-0.15, -0.1) is 11.3 Å². The van der Waals surface area contributed by atoms with E-state index in [0.717, 1.165) is 52.8 Å². The molecule has 3 aromatic rings. The molecule has 0 atom stereocenters. The van der Waals surface area contributed by atoms with Crippen molar-refractivity contribution in [1.29, 1.82) is 0 Å². The van der Waals surface area contributed by atoms with E-state index in [1.165, 1.54) is 11.3 Å². The van der Waals surface area contributed by atoms with Crippen molar-refractivity contribution in [3.8, 4) is 0 Å². The Hall–Kier alpha value is -1.79. The number of nitrogens with zero attached hydrogens (tertiary/aromatic N) is 3. The van der Waals surface area contributed by atoms with Crippen LogP contribution in [0, 0.1) is 0 Å². The summed E-state index contributed by atoms with van der Waals surface area (Å²) in [5.74, 6) is 0. The molecule has 0 saturated heterocycles. The van der Waals surface area contributed by atoms with Crippen LogP contribution in [-0.2, 0) is 24.3 Å². The van der Waals surface area contributed by atoms with Gasteiger partial charge >= 0.3 is 0 Å². The highest BCUT2D eigenvalue weighted by Crippen LogP contribution is 2.34. The molecule has 0 aliphatic carbocycles. The third-order valence-electron chi connectivity index (χ3n) is 4.57. The van der Waals surface area contributed by atoms with Crippen molar-refractivity contribution in [2.24, 2.45) is 0 Å². The normalized spacial score (nSPS) is 16.6. The molecule has 0 radical (unpaired) electrons. The molecule has 0 bridgehead atoms. The molecule has 4 rings (SSSR count). The fourth-order valence-corrected chi connectivity index (χ4v) is 4.24. The van der Waals surface area contributed by atoms with Gasteiger partial charge in [-0.1, -0.05) is 13.3 Å². The molecule has 0 fully saturated rings. The summed E-state index contributed by atoms with van der Waals surface area (Å²) in [4.78, 5) is 23.0. The van der Waals surface area contributed by atoms with Crippen LogP contribution in [-0.4, -0.2) is 20.1 Å². The Balaban J connectivity index is 1.89. The van der Waals surface area contributed by atoms with Crippen LogP contribution in [0.2, 0.25) is 0 Å². The average Bonchev–Trinajstić information content (AvgIpc) is 2.90. The van der Waals surface area contributed by atoms with E-state index < -0.39 is 0 Å². The van der Waals surface area contributed by atoms with Crippen LogP contribution in [0.15, 0.2) is 17.2 Å². The molecule has 0 spiro atoms. The number of hydrogen-bond acceptors (Lipinski definition) is 5. The lowest BCUT2D eigenvalue weighted by Crippen LogP contribution is -2.32. The van der Waals surface area contributed by atoms with Crippen LogP contribution >= 0.6 is 11.3 Å². The van der Waals surface area contributed by atoms with Crippen molar-refractivity contribution in [2.75, 3.05) is 0 Å². The summed E-state index contributed by atoms with van der Waals surface area (Å²) in [6, 6.07) is 2.11. The van der Waals surface area contributed by atoms with Crippen LogP contribution in [0.5, 0.6) is 0 Å². The van der Waals surface area contributed by atoms with E-state index in [4.69, 9.17) is 9.72 Å². The lowest BCUT2D eigenvalue weighted by Gasteiger charge is -2.30. The molecule has 1 aliphatic heterocycles. The maximum absolute atomic E-state index is 12.7. The predicted octanol–water partition coefficient (Wildman–Crippen LogP) is 3.66. The van der Waals surface area contributed by atoms with E-state index in [1.54, 1.807) is 10.9 Å². The van der Waals surface area contributed by atoms with Crippen molar-refractivity contribution < 1.29 is 4.74 Å². The van der Waals surface area contributed by atoms with Crippen molar-refractivity contribution in [1.82, 2.24) is 14.5 Å². The molecule has 0 amide bonds. The van der Waals surface area contributed by atoms with E-state index in [-0.39, 0.29) is 11.2 Å². The molecule has 24 heavy (non-hydrogen) atoms. The standard InChI is InChI=1S/C18H21N3O2S/c1-4-5-6-21-10-19-14-12-7-11-9-23-18(2,3)8-13(11)20-16(12)24-15(14)17(21)22/h7,10H,4-6,8-9H2,1-3H3. The average molecular weight is 343 g/mol. The van der Waals surface area contributed by atoms with Crippen LogP contribution in [0.3, 0.4) is 0 Å². The number of unbranched alkanes of at least 4 members (excludes halogenated alkanes) is 1. The highest BCUT2D eigenvalue weighted by molar-refractivity contribution is 7.25. The first-order valence-corrected chi connectivity index (χ1v) is 9.24. The second kappa shape index (κ2) is 5.63. The zero-order chi connectivity index (χ0) is 16.9. The van der Waals surface area contributed by atoms with Gasteiger partial charge in [-0.3, -0.25) is 9.36 Å². The quantitative estimate of drug-likeness (QED) is 0.728. The number of ether oxygens (including phenoxy) is 1. The van der Waals surface area contributed by atoms with Crippen molar-refractivity contribution in [2.45, 2.75) is 58.8 Å². The third kappa shape index (κ3) is 2.54. The molecule has 5 nitrogen and oxygen atoms in total. The molecule has 0 aromatic carbocycles. The van der Waals surface area contributed by atoms with Crippen molar-refractivity contribution in [3.05, 3.63) is 34.0 Å². The number of rotatable bonds is 3. The zero-order valence-corrected chi connectivity index (χ0v) is 15.1. The fraction of sp³-hybridized carbons (Fsp3) is 0.500. The molecule has 6 heteroatoms. The molecular formula is C18H21N3O2S. The minimum absolute atomic E-state index is 0.0472. The second-order valence-corrected chi connectivity index (χ2v) is 8.05. The number of aryl methyl sites for hydroxylation is 1. The van der Waals surface area contributed by atoms with Crippen molar-refractivity contribution in [3.63, 3.8) is 0 Å². The summed E-state index contributed by atoms with van der Waals surface area (Å²) in [6.07, 6.45) is 4.50. The van der Waals surface area contributed by atoms with Crippen LogP contribution in [0.1, 0.15) is 44.9 Å². The van der Waals surface area contributed by atoms with Gasteiger partial charge in [-0.05, 0) is 26.3 Å². The molecule has 3 aromatic heterocycles. The zero-order valence-electron chi connectivity index (χ0n) is 14.3. The van der Waals surface area contributed by atoms with Gasteiger partial charge in [0.1, 0.15) is 9.53 Å². The smallest absolute Gasteiger partial charge is 0.271 e. The first kappa shape index (κ1) is 15.7. The minimum Gasteiger partial charge on any atom is -0.370 e. The molecule has 126 valence electrons. The highest BCUT2D eigenvalue weighted by Gasteiger charge is 2.28. The molecule has 1 aliphatic rings. The maximum Gasteiger partial charge on any atom is 0.271 e. The first-order chi connectivity index (χ1) is 11.5. The Kier molecular flexibility index (Phi) is 3.69. The minimum atomic E-state index is -0.185. The van der Waals surface area contributed by atoms with E-state index in [9.17, 15) is 4.79 Å². The SMILES string of the molecule is CCCCn1cnc2c(sc3nc4c(cc32)COC(C)(C)C4)c1=O. The Bertz CT molecular complexity index is 987. The third-order valence-corrected chi connectivity index (χ3v) is 5.65. The van der Waals surface area contributed by atoms with Gasteiger partial charge in [-0.25, -0.2) is 9.97 Å². The lowest BCUT2D eigenvalue weighted by molar-refractivity contribution is -0.0411. The molecule has 0 unspecified atom stereocenters. The van der Waals surface area contributed by atoms with Gasteiger partial charge in [0.2, 0.25) is 0 Å². The number of thiophene rings is 1. The summed E-state index contributed by atoms with van der Waals surface area (Å²) in [6.45, 7) is 7.57. The summed E-state index contributed by atoms with van der Waals surface area (Å²) < 4.78 is 8.32. The van der Waals surface area contributed by atoms with E-state index in [1.807, 2.05) is 0 Å². The number of fused-ring (bicyclic) bond motifs is 4. The van der Waals surface area contributed by atoms with Crippen LogP contribution in [0.25, 0.3) is 20.4 Å². The van der Waals surface area contributed by atoms with Gasteiger partial charge in [0.25, 0.3) is 5.56 Å². The Morgan fingerprint density at radius 2 is 2.25 bits per heavy atom. The molecule has 4 heterocycles. The fourth-order valence-electron chi connectivity index (χ4n) is 3.17. The first-order valence-electron chi connectivity index (χ1n) is 8.43. The summed E-state index contributed by atoms with van der Waals surface area (Å²) >= 11 is 1.46. The number of pyridine rings is 1. The van der Waals surface area contributed by atoms with Gasteiger partial charge in [0.05, 0.1) is 29.7 Å². The van der Waals surface area contributed by atoms with Crippen LogP contribution in [0.4, 0.5) is 0 Å². The van der Waals surface area contributed by atoms with Gasteiger partial charge in [0, 0.05) is 23.9 Å². The maximum atomic E-state index is 12.7. The van der Waals surface area contributed by atoms with Gasteiger partial charge < -0.3 is 4.74 Å². The van der Waals surface area contributed by atoms with E-state index in [0.29, 0.717) is 11.3 Å². The molecule has 0 saturated carbocycles. The summed E-state index contributed by atoms with van der Waals surface area (Å²) in [5.41, 5.74) is 2.82. The van der Waals surface area contributed by atoms with Crippen molar-refractivity contribution >= 4 is 31.8 Å². The Morgan fingerprint density at radius 3 is 3.04 bits per heavy atom. The monoisotopic (exact) mass is 343 g/mol. The second-order valence-electron chi connectivity index (χ2n) is 7.05. The topological polar surface area (TPSA) is 57.0 Å². The molecule has 0 N–H and O–H groups in total. The van der Waals surface area contributed by atoms with E-state index >= 15 is 0 Å². The Morgan fingerprint density at radius 1 is 1.42 bits per heavy atom. The van der Waals surface area contributed by atoms with E-state index in [2.05, 4.69) is 31.8 Å². The van der Waals surface area contributed by atoms with Gasteiger partial charge in [-0.2, -0.15) is 0 Å². The van der Waals surface area contributed by atoms with Crippen LogP contribution < -0.4 is 5.56 Å². The number of aromatic nitrogens is 3. The molecular weight excluding hydrogens is 322 g/mol. The highest BCUT2D eigenvalue weighted by atomic mass is 32.1.